The minimum atomic E-state index is -4.12. The van der Waals surface area contributed by atoms with Crippen LogP contribution in [-0.2, 0) is 4.79 Å². The molecule has 0 radical (unpaired) electrons. The lowest BCUT2D eigenvalue weighted by Gasteiger charge is -2.34. The Kier molecular flexibility index (Phi) is 4.73. The highest BCUT2D eigenvalue weighted by molar-refractivity contribution is 5.80. The molecule has 94 valence electrons. The molecule has 0 unspecified atom stereocenters. The summed E-state index contributed by atoms with van der Waals surface area (Å²) >= 11 is 0. The lowest BCUT2D eigenvalue weighted by molar-refractivity contribution is -0.149. The molecule has 0 bridgehead atoms. The third-order valence-electron chi connectivity index (χ3n) is 2.66. The predicted molar refractivity (Wildman–Crippen MR) is 54.2 cm³/mol. The van der Waals surface area contributed by atoms with Crippen molar-refractivity contribution in [3.8, 4) is 0 Å². The maximum atomic E-state index is 12.1. The summed E-state index contributed by atoms with van der Waals surface area (Å²) in [7, 11) is 0. The molecule has 0 aromatic heterocycles. The smallest absolute Gasteiger partial charge is 0.298 e. The first kappa shape index (κ1) is 13.4. The van der Waals surface area contributed by atoms with Crippen molar-refractivity contribution in [2.45, 2.75) is 19.5 Å². The number of alkyl halides is 3. The maximum absolute atomic E-state index is 12.1. The molecule has 0 aliphatic carbocycles. The van der Waals surface area contributed by atoms with E-state index in [-0.39, 0.29) is 5.78 Å². The van der Waals surface area contributed by atoms with Crippen LogP contribution in [0.15, 0.2) is 0 Å². The zero-order valence-corrected chi connectivity index (χ0v) is 9.39. The molecule has 1 heterocycles. The fourth-order valence-electron chi connectivity index (χ4n) is 1.72. The summed E-state index contributed by atoms with van der Waals surface area (Å²) in [6.45, 7) is 3.18. The second-order valence-corrected chi connectivity index (χ2v) is 4.06. The Labute approximate surface area is 93.2 Å². The van der Waals surface area contributed by atoms with Crippen LogP contribution in [0.25, 0.3) is 0 Å². The van der Waals surface area contributed by atoms with Gasteiger partial charge in [0, 0.05) is 32.6 Å². The molecule has 6 heteroatoms. The molecular formula is C10H17F3N2O. The quantitative estimate of drug-likeness (QED) is 0.734. The largest absolute Gasteiger partial charge is 0.401 e. The highest BCUT2D eigenvalue weighted by atomic mass is 19.4. The van der Waals surface area contributed by atoms with Crippen LogP contribution in [0.5, 0.6) is 0 Å². The Bertz CT molecular complexity index is 235. The van der Waals surface area contributed by atoms with Crippen LogP contribution in [0.4, 0.5) is 13.2 Å². The van der Waals surface area contributed by atoms with Crippen molar-refractivity contribution in [2.75, 3.05) is 39.3 Å². The van der Waals surface area contributed by atoms with Gasteiger partial charge < -0.3 is 0 Å². The molecule has 3 nitrogen and oxygen atoms in total. The van der Waals surface area contributed by atoms with Crippen LogP contribution in [0.2, 0.25) is 0 Å². The monoisotopic (exact) mass is 238 g/mol. The number of nitrogens with zero attached hydrogens (tertiary/aromatic N) is 2. The number of piperazine rings is 1. The first-order valence-electron chi connectivity index (χ1n) is 5.44. The minimum absolute atomic E-state index is 0.143. The molecule has 0 atom stereocenters. The van der Waals surface area contributed by atoms with Gasteiger partial charge in [-0.25, -0.2) is 0 Å². The Morgan fingerprint density at radius 3 is 2.06 bits per heavy atom. The van der Waals surface area contributed by atoms with Gasteiger partial charge in [0.15, 0.2) is 0 Å². The summed E-state index contributed by atoms with van der Waals surface area (Å²) in [5.41, 5.74) is 0. The van der Waals surface area contributed by atoms with Crippen molar-refractivity contribution in [2.24, 2.45) is 0 Å². The first-order chi connectivity index (χ1) is 7.40. The summed E-state index contributed by atoms with van der Waals surface area (Å²) in [6, 6.07) is 0. The van der Waals surface area contributed by atoms with Gasteiger partial charge in [0.25, 0.3) is 0 Å². The number of carbonyl (C=O) groups excluding carboxylic acids is 1. The van der Waals surface area contributed by atoms with Crippen molar-refractivity contribution in [1.29, 1.82) is 0 Å². The summed E-state index contributed by atoms with van der Waals surface area (Å²) < 4.78 is 36.3. The van der Waals surface area contributed by atoms with E-state index in [2.05, 4.69) is 0 Å². The molecule has 0 N–H and O–H groups in total. The van der Waals surface area contributed by atoms with E-state index in [0.717, 1.165) is 0 Å². The van der Waals surface area contributed by atoms with E-state index in [1.807, 2.05) is 4.90 Å². The third kappa shape index (κ3) is 4.94. The van der Waals surface area contributed by atoms with Gasteiger partial charge in [-0.1, -0.05) is 6.92 Å². The van der Waals surface area contributed by atoms with E-state index in [0.29, 0.717) is 39.1 Å². The van der Waals surface area contributed by atoms with E-state index in [1.54, 1.807) is 6.92 Å². The van der Waals surface area contributed by atoms with Crippen molar-refractivity contribution in [3.05, 3.63) is 0 Å². The fraction of sp³-hybridized carbons (Fsp3) is 0.900. The zero-order valence-electron chi connectivity index (χ0n) is 9.39. The second-order valence-electron chi connectivity index (χ2n) is 4.06. The normalized spacial score (nSPS) is 20.0. The van der Waals surface area contributed by atoms with E-state index >= 15 is 0 Å². The molecule has 0 amide bonds. The number of Topliss-reactive ketones (excluding diaryl/α,β-unsaturated/α-hetero) is 1. The SMILES string of the molecule is CCC(=O)CN1CCN(CC(F)(F)F)CC1. The Hall–Kier alpha value is -0.620. The highest BCUT2D eigenvalue weighted by Gasteiger charge is 2.32. The maximum Gasteiger partial charge on any atom is 0.401 e. The van der Waals surface area contributed by atoms with Crippen LogP contribution < -0.4 is 0 Å². The summed E-state index contributed by atoms with van der Waals surface area (Å²) in [5.74, 6) is 0.143. The predicted octanol–water partition coefficient (Wildman–Crippen LogP) is 1.15. The topological polar surface area (TPSA) is 23.6 Å². The van der Waals surface area contributed by atoms with Gasteiger partial charge in [-0.15, -0.1) is 0 Å². The van der Waals surface area contributed by atoms with E-state index < -0.39 is 12.7 Å². The molecule has 1 fully saturated rings. The van der Waals surface area contributed by atoms with Gasteiger partial charge in [-0.05, 0) is 0 Å². The Balaban J connectivity index is 2.26. The summed E-state index contributed by atoms with van der Waals surface area (Å²) in [5, 5.41) is 0. The van der Waals surface area contributed by atoms with Gasteiger partial charge in [-0.3, -0.25) is 14.6 Å². The van der Waals surface area contributed by atoms with Gasteiger partial charge in [0.2, 0.25) is 0 Å². The third-order valence-corrected chi connectivity index (χ3v) is 2.66. The molecule has 1 saturated heterocycles. The summed E-state index contributed by atoms with van der Waals surface area (Å²) in [6.07, 6.45) is -3.63. The average Bonchev–Trinajstić information content (AvgIpc) is 2.18. The number of rotatable bonds is 4. The number of ketones is 1. The fourth-order valence-corrected chi connectivity index (χ4v) is 1.72. The lowest BCUT2D eigenvalue weighted by atomic mass is 10.2. The molecule has 1 rings (SSSR count). The van der Waals surface area contributed by atoms with E-state index in [9.17, 15) is 18.0 Å². The minimum Gasteiger partial charge on any atom is -0.298 e. The van der Waals surface area contributed by atoms with Crippen LogP contribution in [0.3, 0.4) is 0 Å². The van der Waals surface area contributed by atoms with Gasteiger partial charge in [0.1, 0.15) is 5.78 Å². The van der Waals surface area contributed by atoms with Crippen molar-refractivity contribution in [3.63, 3.8) is 0 Å². The van der Waals surface area contributed by atoms with Gasteiger partial charge in [0.05, 0.1) is 13.1 Å². The zero-order chi connectivity index (χ0) is 12.2. The highest BCUT2D eigenvalue weighted by Crippen LogP contribution is 2.17. The molecule has 1 aliphatic heterocycles. The number of halogens is 3. The van der Waals surface area contributed by atoms with Crippen molar-refractivity contribution in [1.82, 2.24) is 9.80 Å². The summed E-state index contributed by atoms with van der Waals surface area (Å²) in [4.78, 5) is 14.5. The molecular weight excluding hydrogens is 221 g/mol. The average molecular weight is 238 g/mol. The van der Waals surface area contributed by atoms with Crippen molar-refractivity contribution >= 4 is 5.78 Å². The molecule has 0 aromatic carbocycles. The Morgan fingerprint density at radius 2 is 1.62 bits per heavy atom. The molecule has 0 aromatic rings. The van der Waals surface area contributed by atoms with Crippen LogP contribution in [-0.4, -0.2) is 61.0 Å². The number of carbonyl (C=O) groups is 1. The van der Waals surface area contributed by atoms with E-state index in [1.165, 1.54) is 4.90 Å². The Morgan fingerprint density at radius 1 is 1.12 bits per heavy atom. The van der Waals surface area contributed by atoms with Gasteiger partial charge >= 0.3 is 6.18 Å². The standard InChI is InChI=1S/C10H17F3N2O/c1-2-9(16)7-14-3-5-15(6-4-14)8-10(11,12)13/h2-8H2,1H3. The van der Waals surface area contributed by atoms with Crippen LogP contribution >= 0.6 is 0 Å². The lowest BCUT2D eigenvalue weighted by Crippen LogP contribution is -2.50. The van der Waals surface area contributed by atoms with Crippen molar-refractivity contribution < 1.29 is 18.0 Å². The molecule has 16 heavy (non-hydrogen) atoms. The van der Waals surface area contributed by atoms with Crippen LogP contribution in [0.1, 0.15) is 13.3 Å². The number of hydrogen-bond donors (Lipinski definition) is 0. The molecule has 0 saturated carbocycles. The van der Waals surface area contributed by atoms with E-state index in [4.69, 9.17) is 0 Å². The molecule has 0 spiro atoms. The molecule has 1 aliphatic rings. The van der Waals surface area contributed by atoms with Gasteiger partial charge in [-0.2, -0.15) is 13.2 Å². The first-order valence-corrected chi connectivity index (χ1v) is 5.44. The number of hydrogen-bond acceptors (Lipinski definition) is 3. The second kappa shape index (κ2) is 5.63. The van der Waals surface area contributed by atoms with Crippen LogP contribution in [0, 0.1) is 0 Å².